The summed E-state index contributed by atoms with van der Waals surface area (Å²) in [6, 6.07) is 7.10. The Morgan fingerprint density at radius 1 is 1.21 bits per heavy atom. The molecule has 3 rings (SSSR count). The van der Waals surface area contributed by atoms with Crippen LogP contribution in [0.1, 0.15) is 36.0 Å². The summed E-state index contributed by atoms with van der Waals surface area (Å²) in [7, 11) is 0. The summed E-state index contributed by atoms with van der Waals surface area (Å²) in [5.41, 5.74) is 1.40. The van der Waals surface area contributed by atoms with Gasteiger partial charge in [-0.3, -0.25) is 9.59 Å². The van der Waals surface area contributed by atoms with Gasteiger partial charge in [-0.2, -0.15) is 4.98 Å². The second kappa shape index (κ2) is 7.25. The van der Waals surface area contributed by atoms with Gasteiger partial charge in [0.25, 0.3) is 5.91 Å². The molecule has 7 heteroatoms. The number of aliphatic carboxylic acids is 1. The smallest absolute Gasteiger partial charge is 0.303 e. The molecule has 2 heterocycles. The average molecular weight is 329 g/mol. The lowest BCUT2D eigenvalue weighted by atomic mass is 9.97. The zero-order chi connectivity index (χ0) is 16.9. The van der Waals surface area contributed by atoms with Crippen LogP contribution in [0.4, 0.5) is 0 Å². The van der Waals surface area contributed by atoms with Crippen LogP contribution in [0.5, 0.6) is 0 Å². The summed E-state index contributed by atoms with van der Waals surface area (Å²) in [6.45, 7) is 1.27. The number of carboxylic acid groups (broad SMARTS) is 1. The lowest BCUT2D eigenvalue weighted by Gasteiger charge is -2.20. The molecule has 24 heavy (non-hydrogen) atoms. The number of carbonyl (C=O) groups is 2. The number of likely N-dealkylation sites (tertiary alicyclic amines) is 1. The van der Waals surface area contributed by atoms with Crippen molar-refractivity contribution < 1.29 is 19.2 Å². The number of rotatable bonds is 4. The highest BCUT2D eigenvalue weighted by molar-refractivity contribution is 5.94. The topological polar surface area (TPSA) is 96.5 Å². The number of carbonyl (C=O) groups excluding carboxylic acids is 1. The van der Waals surface area contributed by atoms with E-state index in [2.05, 4.69) is 10.1 Å². The van der Waals surface area contributed by atoms with Gasteiger partial charge in [-0.15, -0.1) is 0 Å². The van der Waals surface area contributed by atoms with E-state index in [4.69, 9.17) is 9.63 Å². The minimum absolute atomic E-state index is 0.0226. The summed E-state index contributed by atoms with van der Waals surface area (Å²) in [5, 5.41) is 12.7. The molecule has 1 aliphatic heterocycles. The number of nitrogens with zero attached hydrogens (tertiary/aromatic N) is 3. The van der Waals surface area contributed by atoms with Crippen LogP contribution in [0.3, 0.4) is 0 Å². The molecule has 2 aromatic rings. The van der Waals surface area contributed by atoms with Crippen LogP contribution in [-0.4, -0.2) is 45.1 Å². The molecular weight excluding hydrogens is 310 g/mol. The van der Waals surface area contributed by atoms with E-state index >= 15 is 0 Å². The third-order valence-electron chi connectivity index (χ3n) is 4.35. The zero-order valence-corrected chi connectivity index (χ0v) is 13.2. The molecule has 1 fully saturated rings. The van der Waals surface area contributed by atoms with Gasteiger partial charge in [0.15, 0.2) is 0 Å². The highest BCUT2D eigenvalue weighted by atomic mass is 16.5. The molecule has 0 spiro atoms. The minimum Gasteiger partial charge on any atom is -0.481 e. The second-order valence-electron chi connectivity index (χ2n) is 6.02. The Kier molecular flexibility index (Phi) is 4.88. The number of hydrogen-bond donors (Lipinski definition) is 1. The maximum absolute atomic E-state index is 12.6. The summed E-state index contributed by atoms with van der Waals surface area (Å²) < 4.78 is 4.72. The van der Waals surface area contributed by atoms with Gasteiger partial charge in [-0.05, 0) is 37.3 Å². The molecule has 1 amide bonds. The van der Waals surface area contributed by atoms with Gasteiger partial charge in [0, 0.05) is 30.6 Å². The predicted octanol–water partition coefficient (Wildman–Crippen LogP) is 2.45. The molecule has 126 valence electrons. The molecule has 1 aliphatic rings. The van der Waals surface area contributed by atoms with Gasteiger partial charge in [0.2, 0.25) is 12.2 Å². The maximum atomic E-state index is 12.6. The SMILES string of the molecule is O=C(O)C[C@H]1CCCN(C(=O)c2ccc(-c3ncon3)cc2)CC1. The number of carboxylic acids is 1. The lowest BCUT2D eigenvalue weighted by molar-refractivity contribution is -0.138. The van der Waals surface area contributed by atoms with Crippen LogP contribution in [-0.2, 0) is 4.79 Å². The Labute approximate surface area is 139 Å². The van der Waals surface area contributed by atoms with E-state index in [0.29, 0.717) is 24.5 Å². The molecule has 1 aromatic carbocycles. The van der Waals surface area contributed by atoms with E-state index in [-0.39, 0.29) is 18.2 Å². The standard InChI is InChI=1S/C17H19N3O4/c21-15(22)10-12-2-1-8-20(9-7-12)17(23)14-5-3-13(4-6-14)16-18-11-24-19-16/h3-6,11-12H,1-2,7-10H2,(H,21,22)/t12-/m0/s1. The quantitative estimate of drug-likeness (QED) is 0.925. The Morgan fingerprint density at radius 2 is 2.00 bits per heavy atom. The number of aromatic nitrogens is 2. The van der Waals surface area contributed by atoms with Crippen LogP contribution >= 0.6 is 0 Å². The fraction of sp³-hybridized carbons (Fsp3) is 0.412. The third kappa shape index (κ3) is 3.79. The molecule has 0 radical (unpaired) electrons. The van der Waals surface area contributed by atoms with Gasteiger partial charge >= 0.3 is 5.97 Å². The van der Waals surface area contributed by atoms with Crippen molar-refractivity contribution in [2.24, 2.45) is 5.92 Å². The Hall–Kier alpha value is -2.70. The molecular formula is C17H19N3O4. The van der Waals surface area contributed by atoms with Gasteiger partial charge in [-0.1, -0.05) is 17.3 Å². The summed E-state index contributed by atoms with van der Waals surface area (Å²) in [5.74, 6) is -0.149. The fourth-order valence-electron chi connectivity index (χ4n) is 3.06. The van der Waals surface area contributed by atoms with Crippen LogP contribution in [0.25, 0.3) is 11.4 Å². The van der Waals surface area contributed by atoms with E-state index in [1.165, 1.54) is 6.39 Å². The fourth-order valence-corrected chi connectivity index (χ4v) is 3.06. The van der Waals surface area contributed by atoms with Crippen molar-refractivity contribution in [2.75, 3.05) is 13.1 Å². The third-order valence-corrected chi connectivity index (χ3v) is 4.35. The van der Waals surface area contributed by atoms with Crippen LogP contribution in [0.15, 0.2) is 35.2 Å². The zero-order valence-electron chi connectivity index (χ0n) is 13.2. The summed E-state index contributed by atoms with van der Waals surface area (Å²) in [6.07, 6.45) is 3.87. The number of hydrogen-bond acceptors (Lipinski definition) is 5. The molecule has 0 saturated carbocycles. The van der Waals surface area contributed by atoms with Crippen molar-refractivity contribution in [2.45, 2.75) is 25.7 Å². The first-order valence-corrected chi connectivity index (χ1v) is 8.01. The lowest BCUT2D eigenvalue weighted by Crippen LogP contribution is -2.32. The van der Waals surface area contributed by atoms with E-state index in [0.717, 1.165) is 24.8 Å². The van der Waals surface area contributed by atoms with Crippen molar-refractivity contribution in [3.8, 4) is 11.4 Å². The van der Waals surface area contributed by atoms with Gasteiger partial charge < -0.3 is 14.5 Å². The molecule has 0 unspecified atom stereocenters. The van der Waals surface area contributed by atoms with Gasteiger partial charge in [-0.25, -0.2) is 0 Å². The minimum atomic E-state index is -0.767. The Balaban J connectivity index is 1.64. The summed E-state index contributed by atoms with van der Waals surface area (Å²) >= 11 is 0. The van der Waals surface area contributed by atoms with Crippen molar-refractivity contribution in [1.82, 2.24) is 15.0 Å². The Morgan fingerprint density at radius 3 is 2.67 bits per heavy atom. The van der Waals surface area contributed by atoms with Crippen molar-refractivity contribution >= 4 is 11.9 Å². The molecule has 1 aromatic heterocycles. The van der Waals surface area contributed by atoms with Gasteiger partial charge in [0.1, 0.15) is 0 Å². The summed E-state index contributed by atoms with van der Waals surface area (Å²) in [4.78, 5) is 29.3. The van der Waals surface area contributed by atoms with Crippen molar-refractivity contribution in [3.63, 3.8) is 0 Å². The average Bonchev–Trinajstić information content (AvgIpc) is 3.02. The number of benzene rings is 1. The van der Waals surface area contributed by atoms with Crippen molar-refractivity contribution in [3.05, 3.63) is 36.2 Å². The van der Waals surface area contributed by atoms with Crippen LogP contribution in [0.2, 0.25) is 0 Å². The van der Waals surface area contributed by atoms with E-state index < -0.39 is 5.97 Å². The maximum Gasteiger partial charge on any atom is 0.303 e. The Bertz CT molecular complexity index is 697. The molecule has 1 atom stereocenters. The molecule has 7 nitrogen and oxygen atoms in total. The van der Waals surface area contributed by atoms with Crippen LogP contribution < -0.4 is 0 Å². The molecule has 0 aliphatic carbocycles. The second-order valence-corrected chi connectivity index (χ2v) is 6.02. The first-order valence-electron chi connectivity index (χ1n) is 8.01. The largest absolute Gasteiger partial charge is 0.481 e. The predicted molar refractivity (Wildman–Crippen MR) is 85.2 cm³/mol. The first kappa shape index (κ1) is 16.2. The van der Waals surface area contributed by atoms with Crippen molar-refractivity contribution in [1.29, 1.82) is 0 Å². The molecule has 0 bridgehead atoms. The number of amides is 1. The normalized spacial score (nSPS) is 18.2. The molecule has 1 saturated heterocycles. The highest BCUT2D eigenvalue weighted by Gasteiger charge is 2.23. The van der Waals surface area contributed by atoms with Crippen LogP contribution in [0, 0.1) is 5.92 Å². The monoisotopic (exact) mass is 329 g/mol. The van der Waals surface area contributed by atoms with E-state index in [1.807, 2.05) is 4.90 Å². The highest BCUT2D eigenvalue weighted by Crippen LogP contribution is 2.22. The van der Waals surface area contributed by atoms with E-state index in [9.17, 15) is 9.59 Å². The first-order chi connectivity index (χ1) is 11.6. The molecule has 1 N–H and O–H groups in total. The van der Waals surface area contributed by atoms with Gasteiger partial charge in [0.05, 0.1) is 0 Å². The van der Waals surface area contributed by atoms with E-state index in [1.54, 1.807) is 24.3 Å².